The molecular weight excluding hydrogens is 204 g/mol. The number of nitrogens with zero attached hydrogens (tertiary/aromatic N) is 2. The van der Waals surface area contributed by atoms with Gasteiger partial charge in [0.25, 0.3) is 5.69 Å². The molecule has 0 bridgehead atoms. The second-order valence-corrected chi connectivity index (χ2v) is 2.86. The van der Waals surface area contributed by atoms with Gasteiger partial charge in [-0.3, -0.25) is 15.1 Å². The lowest BCUT2D eigenvalue weighted by Crippen LogP contribution is -1.90. The maximum Gasteiger partial charge on any atom is 0.295 e. The molecule has 0 aliphatic carbocycles. The second-order valence-electron chi connectivity index (χ2n) is 2.45. The molecule has 0 atom stereocenters. The van der Waals surface area contributed by atoms with Crippen molar-refractivity contribution in [1.82, 2.24) is 0 Å². The van der Waals surface area contributed by atoms with Crippen LogP contribution in [0.15, 0.2) is 23.7 Å². The van der Waals surface area contributed by atoms with Gasteiger partial charge < -0.3 is 0 Å². The molecule has 0 amide bonds. The zero-order chi connectivity index (χ0) is 10.7. The van der Waals surface area contributed by atoms with Gasteiger partial charge in [0.05, 0.1) is 9.95 Å². The summed E-state index contributed by atoms with van der Waals surface area (Å²) in [5.41, 5.74) is 0.452. The minimum atomic E-state index is -0.534. The van der Waals surface area contributed by atoms with E-state index in [0.29, 0.717) is 10.6 Å². The van der Waals surface area contributed by atoms with Crippen molar-refractivity contribution in [3.05, 3.63) is 39.4 Å². The molecule has 0 aliphatic rings. The number of nitro benzene ring substituents is 1. The van der Waals surface area contributed by atoms with Gasteiger partial charge in [-0.15, -0.1) is 0 Å². The van der Waals surface area contributed by atoms with Gasteiger partial charge in [-0.2, -0.15) is 0 Å². The lowest BCUT2D eigenvalue weighted by Gasteiger charge is -2.03. The van der Waals surface area contributed by atoms with Crippen molar-refractivity contribution in [3.63, 3.8) is 0 Å². The van der Waals surface area contributed by atoms with Gasteiger partial charge in [-0.25, -0.2) is 0 Å². The average Bonchev–Trinajstić information content (AvgIpc) is 2.16. The number of rotatable bonds is 3. The van der Waals surface area contributed by atoms with Crippen molar-refractivity contribution in [2.24, 2.45) is 4.99 Å². The van der Waals surface area contributed by atoms with E-state index in [-0.39, 0.29) is 11.4 Å². The normalized spacial score (nSPS) is 9.50. The Labute approximate surface area is 85.7 Å². The molecule has 1 aromatic rings. The molecule has 0 radical (unpaired) electrons. The first-order chi connectivity index (χ1) is 6.61. The molecule has 0 N–H and O–H groups in total. The van der Waals surface area contributed by atoms with Crippen LogP contribution in [0.2, 0.25) is 5.02 Å². The van der Waals surface area contributed by atoms with Crippen LogP contribution in [0.3, 0.4) is 0 Å². The predicted octanol–water partition coefficient (Wildman–Crippen LogP) is 3.22. The summed E-state index contributed by atoms with van der Waals surface area (Å²) in [6.45, 7) is 6.77. The van der Waals surface area contributed by atoms with Crippen LogP contribution in [-0.2, 0) is 0 Å². The Hall–Kier alpha value is -1.68. The van der Waals surface area contributed by atoms with E-state index in [4.69, 9.17) is 11.6 Å². The van der Waals surface area contributed by atoms with Gasteiger partial charge >= 0.3 is 0 Å². The Morgan fingerprint density at radius 2 is 2.21 bits per heavy atom. The monoisotopic (exact) mass is 210 g/mol. The van der Waals surface area contributed by atoms with Crippen LogP contribution in [-0.4, -0.2) is 11.6 Å². The average molecular weight is 211 g/mol. The quantitative estimate of drug-likeness (QED) is 0.437. The third-order valence-electron chi connectivity index (χ3n) is 1.70. The first kappa shape index (κ1) is 10.4. The molecule has 0 aliphatic heterocycles. The highest BCUT2D eigenvalue weighted by atomic mass is 35.5. The zero-order valence-electron chi connectivity index (χ0n) is 7.24. The number of hydrogen-bond donors (Lipinski definition) is 0. The standard InChI is InChI=1S/C9H7ClN2O2/c1-3-6-7(10)4-5-8(12(13)14)9(6)11-2/h3-5H,1-2H2. The Balaban J connectivity index is 3.56. The van der Waals surface area contributed by atoms with Crippen molar-refractivity contribution in [2.75, 3.05) is 0 Å². The number of hydrogen-bond acceptors (Lipinski definition) is 3. The van der Waals surface area contributed by atoms with Gasteiger partial charge in [0.2, 0.25) is 0 Å². The molecule has 4 nitrogen and oxygen atoms in total. The molecule has 0 spiro atoms. The summed E-state index contributed by atoms with van der Waals surface area (Å²) < 4.78 is 0. The SMILES string of the molecule is C=Cc1c(Cl)ccc([N+](=O)[O-])c1N=C. The van der Waals surface area contributed by atoms with Crippen LogP contribution in [0.4, 0.5) is 11.4 Å². The van der Waals surface area contributed by atoms with E-state index >= 15 is 0 Å². The summed E-state index contributed by atoms with van der Waals surface area (Å²) in [6.07, 6.45) is 1.42. The Bertz CT molecular complexity index is 416. The first-order valence-corrected chi connectivity index (χ1v) is 4.05. The summed E-state index contributed by atoms with van der Waals surface area (Å²) in [6, 6.07) is 2.73. The van der Waals surface area contributed by atoms with E-state index in [1.54, 1.807) is 0 Å². The highest BCUT2D eigenvalue weighted by Gasteiger charge is 2.17. The van der Waals surface area contributed by atoms with Gasteiger partial charge in [-0.1, -0.05) is 24.3 Å². The van der Waals surface area contributed by atoms with Crippen LogP contribution in [0.25, 0.3) is 6.08 Å². The summed E-state index contributed by atoms with van der Waals surface area (Å²) in [4.78, 5) is 13.6. The summed E-state index contributed by atoms with van der Waals surface area (Å²) in [5, 5.41) is 11.0. The molecule has 0 heterocycles. The van der Waals surface area contributed by atoms with Crippen molar-refractivity contribution in [2.45, 2.75) is 0 Å². The molecule has 0 fully saturated rings. The van der Waals surface area contributed by atoms with Crippen LogP contribution < -0.4 is 0 Å². The summed E-state index contributed by atoms with van der Waals surface area (Å²) in [7, 11) is 0. The fraction of sp³-hybridized carbons (Fsp3) is 0. The Kier molecular flexibility index (Phi) is 2.99. The lowest BCUT2D eigenvalue weighted by atomic mass is 10.1. The largest absolute Gasteiger partial charge is 0.295 e. The summed E-state index contributed by atoms with van der Waals surface area (Å²) >= 11 is 5.80. The maximum absolute atomic E-state index is 10.6. The molecule has 0 aromatic heterocycles. The van der Waals surface area contributed by atoms with E-state index in [2.05, 4.69) is 18.3 Å². The maximum atomic E-state index is 10.6. The third kappa shape index (κ3) is 1.65. The molecule has 0 saturated heterocycles. The van der Waals surface area contributed by atoms with E-state index in [9.17, 15) is 10.1 Å². The molecule has 1 rings (SSSR count). The number of aliphatic imine (C=N–C) groups is 1. The number of halogens is 1. The topological polar surface area (TPSA) is 55.5 Å². The minimum absolute atomic E-state index is 0.126. The number of benzene rings is 1. The second kappa shape index (κ2) is 4.02. The molecule has 1 aromatic carbocycles. The fourth-order valence-electron chi connectivity index (χ4n) is 1.08. The highest BCUT2D eigenvalue weighted by molar-refractivity contribution is 6.32. The molecule has 0 saturated carbocycles. The highest BCUT2D eigenvalue weighted by Crippen LogP contribution is 2.36. The van der Waals surface area contributed by atoms with Crippen LogP contribution >= 0.6 is 11.6 Å². The van der Waals surface area contributed by atoms with Gasteiger partial charge in [0, 0.05) is 11.6 Å². The van der Waals surface area contributed by atoms with Crippen molar-refractivity contribution < 1.29 is 4.92 Å². The van der Waals surface area contributed by atoms with Crippen molar-refractivity contribution in [1.29, 1.82) is 0 Å². The predicted molar refractivity (Wildman–Crippen MR) is 57.4 cm³/mol. The molecule has 72 valence electrons. The lowest BCUT2D eigenvalue weighted by molar-refractivity contribution is -0.384. The fourth-order valence-corrected chi connectivity index (χ4v) is 1.31. The smallest absolute Gasteiger partial charge is 0.258 e. The van der Waals surface area contributed by atoms with E-state index in [1.165, 1.54) is 18.2 Å². The van der Waals surface area contributed by atoms with Crippen LogP contribution in [0.5, 0.6) is 0 Å². The molecule has 5 heteroatoms. The third-order valence-corrected chi connectivity index (χ3v) is 2.03. The van der Waals surface area contributed by atoms with Gasteiger partial charge in [0.1, 0.15) is 5.69 Å². The van der Waals surface area contributed by atoms with Gasteiger partial charge in [0.15, 0.2) is 0 Å². The summed E-state index contributed by atoms with van der Waals surface area (Å²) in [5.74, 6) is 0. The number of nitro groups is 1. The van der Waals surface area contributed by atoms with E-state index < -0.39 is 4.92 Å². The van der Waals surface area contributed by atoms with Crippen LogP contribution in [0.1, 0.15) is 5.56 Å². The van der Waals surface area contributed by atoms with Crippen molar-refractivity contribution >= 4 is 35.8 Å². The molecule has 14 heavy (non-hydrogen) atoms. The first-order valence-electron chi connectivity index (χ1n) is 3.68. The van der Waals surface area contributed by atoms with Gasteiger partial charge in [-0.05, 0) is 12.8 Å². The molecule has 0 unspecified atom stereocenters. The van der Waals surface area contributed by atoms with E-state index in [1.807, 2.05) is 0 Å². The van der Waals surface area contributed by atoms with Crippen LogP contribution in [0, 0.1) is 10.1 Å². The minimum Gasteiger partial charge on any atom is -0.258 e. The van der Waals surface area contributed by atoms with Crippen molar-refractivity contribution in [3.8, 4) is 0 Å². The Morgan fingerprint density at radius 3 is 2.64 bits per heavy atom. The van der Waals surface area contributed by atoms with E-state index in [0.717, 1.165) is 0 Å². The molecular formula is C9H7ClN2O2. The zero-order valence-corrected chi connectivity index (χ0v) is 7.99. The Morgan fingerprint density at radius 1 is 1.57 bits per heavy atom.